The van der Waals surface area contributed by atoms with Crippen LogP contribution in [0.5, 0.6) is 11.5 Å². The molecular formula is C22H34Br2N2O6. The monoisotopic (exact) mass is 580 g/mol. The van der Waals surface area contributed by atoms with Gasteiger partial charge in [0.05, 0.1) is 22.2 Å². The Bertz CT molecular complexity index is 701. The van der Waals surface area contributed by atoms with Gasteiger partial charge < -0.3 is 29.6 Å². The average Bonchev–Trinajstić information content (AvgIpc) is 2.61. The summed E-state index contributed by atoms with van der Waals surface area (Å²) in [5, 5.41) is 5.39. The second-order valence-electron chi connectivity index (χ2n) is 8.97. The first-order valence-corrected chi connectivity index (χ1v) is 12.0. The predicted octanol–water partition coefficient (Wildman–Crippen LogP) is 5.80. The molecule has 0 aliphatic carbocycles. The van der Waals surface area contributed by atoms with Gasteiger partial charge in [-0.15, -0.1) is 0 Å². The molecule has 0 aliphatic rings. The van der Waals surface area contributed by atoms with Crippen LogP contribution in [-0.4, -0.2) is 49.7 Å². The number of amides is 2. The van der Waals surface area contributed by atoms with Gasteiger partial charge in [-0.1, -0.05) is 0 Å². The maximum Gasteiger partial charge on any atom is 0.407 e. The molecule has 182 valence electrons. The van der Waals surface area contributed by atoms with Gasteiger partial charge in [0.2, 0.25) is 0 Å². The van der Waals surface area contributed by atoms with E-state index in [1.807, 2.05) is 47.6 Å². The molecule has 0 heterocycles. The van der Waals surface area contributed by atoms with E-state index in [4.69, 9.17) is 18.9 Å². The third-order valence-electron chi connectivity index (χ3n) is 3.48. The molecule has 2 amide bonds. The number of halogens is 2. The molecule has 10 heteroatoms. The van der Waals surface area contributed by atoms with Crippen molar-refractivity contribution < 1.29 is 28.5 Å². The molecule has 0 aromatic heterocycles. The van der Waals surface area contributed by atoms with Crippen LogP contribution < -0.4 is 20.1 Å². The van der Waals surface area contributed by atoms with Crippen LogP contribution in [0.1, 0.15) is 54.4 Å². The number of hydrogen-bond acceptors (Lipinski definition) is 6. The number of hydrogen-bond donors (Lipinski definition) is 2. The number of ether oxygens (including phenoxy) is 4. The molecular weight excluding hydrogens is 548 g/mol. The van der Waals surface area contributed by atoms with Gasteiger partial charge in [0, 0.05) is 19.2 Å². The minimum atomic E-state index is -0.523. The van der Waals surface area contributed by atoms with Gasteiger partial charge in [-0.2, -0.15) is 0 Å². The molecule has 0 radical (unpaired) electrons. The highest BCUT2D eigenvalue weighted by Gasteiger charge is 2.16. The summed E-state index contributed by atoms with van der Waals surface area (Å²) in [5.74, 6) is 1.26. The normalized spacial score (nSPS) is 11.5. The van der Waals surface area contributed by atoms with Crippen molar-refractivity contribution in [3.63, 3.8) is 0 Å². The molecule has 1 aromatic carbocycles. The smallest absolute Gasteiger partial charge is 0.407 e. The summed E-state index contributed by atoms with van der Waals surface area (Å²) < 4.78 is 23.6. The van der Waals surface area contributed by atoms with Crippen molar-refractivity contribution in [3.05, 3.63) is 21.1 Å². The minimum absolute atomic E-state index is 0.412. The van der Waals surface area contributed by atoms with E-state index in [-0.39, 0.29) is 0 Å². The van der Waals surface area contributed by atoms with E-state index < -0.39 is 23.4 Å². The van der Waals surface area contributed by atoms with Crippen LogP contribution >= 0.6 is 31.9 Å². The molecule has 0 saturated carbocycles. The highest BCUT2D eigenvalue weighted by Crippen LogP contribution is 2.36. The molecule has 0 unspecified atom stereocenters. The highest BCUT2D eigenvalue weighted by molar-refractivity contribution is 9.11. The fourth-order valence-corrected chi connectivity index (χ4v) is 3.47. The summed E-state index contributed by atoms with van der Waals surface area (Å²) in [6.07, 6.45) is 0.348. The molecule has 2 N–H and O–H groups in total. The van der Waals surface area contributed by atoms with Crippen LogP contribution in [0.15, 0.2) is 21.1 Å². The lowest BCUT2D eigenvalue weighted by molar-refractivity contribution is 0.0514. The molecule has 0 fully saturated rings. The summed E-state index contributed by atoms with van der Waals surface area (Å²) in [6.45, 7) is 12.6. The molecule has 0 spiro atoms. The number of carbonyl (C=O) groups is 2. The van der Waals surface area contributed by atoms with Crippen LogP contribution in [-0.2, 0) is 9.47 Å². The summed E-state index contributed by atoms with van der Waals surface area (Å²) in [7, 11) is 0. The summed E-state index contributed by atoms with van der Waals surface area (Å²) in [4.78, 5) is 23.3. The Balaban J connectivity index is 2.38. The Labute approximate surface area is 207 Å². The van der Waals surface area contributed by atoms with E-state index in [0.29, 0.717) is 50.6 Å². The van der Waals surface area contributed by atoms with Crippen molar-refractivity contribution >= 4 is 44.0 Å². The topological polar surface area (TPSA) is 95.1 Å². The Morgan fingerprint density at radius 2 is 1.12 bits per heavy atom. The zero-order valence-electron chi connectivity index (χ0n) is 19.6. The Morgan fingerprint density at radius 3 is 1.47 bits per heavy atom. The van der Waals surface area contributed by atoms with Crippen LogP contribution in [0, 0.1) is 0 Å². The zero-order valence-corrected chi connectivity index (χ0v) is 22.8. The van der Waals surface area contributed by atoms with E-state index in [1.165, 1.54) is 0 Å². The second kappa shape index (κ2) is 13.1. The van der Waals surface area contributed by atoms with Gasteiger partial charge in [-0.05, 0) is 92.3 Å². The molecule has 8 nitrogen and oxygen atoms in total. The summed E-state index contributed by atoms with van der Waals surface area (Å²) in [6, 6.07) is 3.64. The highest BCUT2D eigenvalue weighted by atomic mass is 79.9. The van der Waals surface area contributed by atoms with Crippen LogP contribution in [0.4, 0.5) is 9.59 Å². The lowest BCUT2D eigenvalue weighted by atomic mass is 10.2. The van der Waals surface area contributed by atoms with Gasteiger partial charge in [0.1, 0.15) is 22.7 Å². The molecule has 1 aromatic rings. The number of alkyl carbamates (subject to hydrolysis) is 2. The molecule has 32 heavy (non-hydrogen) atoms. The third-order valence-corrected chi connectivity index (χ3v) is 4.72. The number of rotatable bonds is 10. The maximum absolute atomic E-state index is 11.6. The van der Waals surface area contributed by atoms with Gasteiger partial charge >= 0.3 is 12.2 Å². The van der Waals surface area contributed by atoms with E-state index in [2.05, 4.69) is 42.5 Å². The van der Waals surface area contributed by atoms with Crippen molar-refractivity contribution in [2.45, 2.75) is 65.6 Å². The van der Waals surface area contributed by atoms with Gasteiger partial charge in [0.15, 0.2) is 0 Å². The van der Waals surface area contributed by atoms with Crippen molar-refractivity contribution in [1.29, 1.82) is 0 Å². The van der Waals surface area contributed by atoms with E-state index in [1.54, 1.807) is 6.07 Å². The SMILES string of the molecule is CC(C)(C)OC(=O)NCCCOc1cc(OCCCNC(=O)OC(C)(C)C)c(Br)cc1Br. The second-order valence-corrected chi connectivity index (χ2v) is 10.7. The Kier molecular flexibility index (Phi) is 11.6. The quantitative estimate of drug-likeness (QED) is 0.339. The van der Waals surface area contributed by atoms with E-state index in [9.17, 15) is 9.59 Å². The zero-order chi connectivity index (χ0) is 24.4. The lowest BCUT2D eigenvalue weighted by Crippen LogP contribution is -2.33. The van der Waals surface area contributed by atoms with Crippen molar-refractivity contribution in [2.75, 3.05) is 26.3 Å². The Morgan fingerprint density at radius 1 is 0.750 bits per heavy atom. The van der Waals surface area contributed by atoms with Gasteiger partial charge in [-0.25, -0.2) is 9.59 Å². The molecule has 0 atom stereocenters. The lowest BCUT2D eigenvalue weighted by Gasteiger charge is -2.19. The summed E-state index contributed by atoms with van der Waals surface area (Å²) >= 11 is 6.96. The number of benzene rings is 1. The van der Waals surface area contributed by atoms with E-state index in [0.717, 1.165) is 8.95 Å². The molecule has 1 rings (SSSR count). The fraction of sp³-hybridized carbons (Fsp3) is 0.636. The average molecular weight is 582 g/mol. The predicted molar refractivity (Wildman–Crippen MR) is 131 cm³/mol. The van der Waals surface area contributed by atoms with Crippen molar-refractivity contribution in [1.82, 2.24) is 10.6 Å². The summed E-state index contributed by atoms with van der Waals surface area (Å²) in [5.41, 5.74) is -1.05. The van der Waals surface area contributed by atoms with Crippen LogP contribution in [0.3, 0.4) is 0 Å². The first-order chi connectivity index (χ1) is 14.8. The Hall–Kier alpha value is -1.68. The van der Waals surface area contributed by atoms with Crippen molar-refractivity contribution in [2.24, 2.45) is 0 Å². The molecule has 0 saturated heterocycles. The first-order valence-electron chi connectivity index (χ1n) is 10.5. The first kappa shape index (κ1) is 28.4. The molecule has 0 aliphatic heterocycles. The minimum Gasteiger partial charge on any atom is -0.492 e. The molecule has 0 bridgehead atoms. The van der Waals surface area contributed by atoms with Gasteiger partial charge in [0.25, 0.3) is 0 Å². The maximum atomic E-state index is 11.6. The van der Waals surface area contributed by atoms with Crippen LogP contribution in [0.2, 0.25) is 0 Å². The van der Waals surface area contributed by atoms with Gasteiger partial charge in [-0.3, -0.25) is 0 Å². The fourth-order valence-electron chi connectivity index (χ4n) is 2.25. The number of nitrogens with one attached hydrogen (secondary N) is 2. The van der Waals surface area contributed by atoms with Crippen LogP contribution in [0.25, 0.3) is 0 Å². The van der Waals surface area contributed by atoms with Crippen molar-refractivity contribution in [3.8, 4) is 11.5 Å². The van der Waals surface area contributed by atoms with E-state index >= 15 is 0 Å². The number of carbonyl (C=O) groups excluding carboxylic acids is 2. The largest absolute Gasteiger partial charge is 0.492 e. The third kappa shape index (κ3) is 13.0. The standard InChI is InChI=1S/C22H34Br2N2O6/c1-21(2,3)31-19(27)25-9-7-11-29-17-14-18(16(24)13-15(17)23)30-12-8-10-26-20(28)32-22(4,5)6/h13-14H,7-12H2,1-6H3,(H,25,27)(H,26,28).